The minimum Gasteiger partial charge on any atom is -0.492 e. The zero-order valence-electron chi connectivity index (χ0n) is 11.9. The summed E-state index contributed by atoms with van der Waals surface area (Å²) in [6.45, 7) is 4.31. The summed E-state index contributed by atoms with van der Waals surface area (Å²) >= 11 is 0. The lowest BCUT2D eigenvalue weighted by molar-refractivity contribution is 0.242. The molecular formula is C15H17NO4. The molecule has 2 heterocycles. The molecule has 20 heavy (non-hydrogen) atoms. The summed E-state index contributed by atoms with van der Waals surface area (Å²) in [6, 6.07) is 0. The monoisotopic (exact) mass is 275 g/mol. The van der Waals surface area contributed by atoms with Crippen molar-refractivity contribution in [2.45, 2.75) is 45.4 Å². The van der Waals surface area contributed by atoms with Gasteiger partial charge in [-0.3, -0.25) is 0 Å². The van der Waals surface area contributed by atoms with E-state index in [4.69, 9.17) is 14.2 Å². The van der Waals surface area contributed by atoms with E-state index in [1.165, 1.54) is 0 Å². The predicted octanol–water partition coefficient (Wildman–Crippen LogP) is 2.18. The summed E-state index contributed by atoms with van der Waals surface area (Å²) in [5.74, 6) is 2.36. The van der Waals surface area contributed by atoms with Gasteiger partial charge >= 0.3 is 0 Å². The lowest BCUT2D eigenvalue weighted by Crippen LogP contribution is -2.08. The van der Waals surface area contributed by atoms with E-state index in [0.29, 0.717) is 0 Å². The average Bonchev–Trinajstić information content (AvgIpc) is 2.96. The van der Waals surface area contributed by atoms with Crippen molar-refractivity contribution in [2.24, 2.45) is 4.99 Å². The van der Waals surface area contributed by atoms with Crippen LogP contribution < -0.4 is 14.2 Å². The number of ether oxygens (including phenoxy) is 3. The minimum atomic E-state index is 0.0952. The Kier molecular flexibility index (Phi) is 3.14. The van der Waals surface area contributed by atoms with Crippen LogP contribution in [0.5, 0.6) is 17.2 Å². The van der Waals surface area contributed by atoms with Crippen LogP contribution in [0.15, 0.2) is 4.99 Å². The Morgan fingerprint density at radius 2 is 1.85 bits per heavy atom. The zero-order chi connectivity index (χ0) is 14.3. The fourth-order valence-corrected chi connectivity index (χ4v) is 3.06. The highest BCUT2D eigenvalue weighted by molar-refractivity contribution is 5.66. The SMILES string of the molecule is COc1c2c(c(CN=C=O)c3c1OC(C)C3)OC(C)C2. The molecule has 2 aliphatic heterocycles. The van der Waals surface area contributed by atoms with Crippen LogP contribution in [0.2, 0.25) is 0 Å². The first-order chi connectivity index (χ1) is 9.65. The van der Waals surface area contributed by atoms with Gasteiger partial charge in [-0.2, -0.15) is 0 Å². The number of benzene rings is 1. The maximum absolute atomic E-state index is 10.4. The van der Waals surface area contributed by atoms with Gasteiger partial charge in [0.05, 0.1) is 13.7 Å². The smallest absolute Gasteiger partial charge is 0.235 e. The number of rotatable bonds is 3. The summed E-state index contributed by atoms with van der Waals surface area (Å²) in [5, 5.41) is 0. The van der Waals surface area contributed by atoms with Gasteiger partial charge in [-0.15, -0.1) is 0 Å². The number of aliphatic imine (C=N–C) groups is 1. The molecule has 0 N–H and O–H groups in total. The highest BCUT2D eigenvalue weighted by atomic mass is 16.5. The quantitative estimate of drug-likeness (QED) is 0.626. The van der Waals surface area contributed by atoms with Crippen LogP contribution in [0.3, 0.4) is 0 Å². The van der Waals surface area contributed by atoms with Gasteiger partial charge in [0.15, 0.2) is 11.5 Å². The van der Waals surface area contributed by atoms with Gasteiger partial charge in [0.2, 0.25) is 6.08 Å². The second kappa shape index (κ2) is 4.84. The van der Waals surface area contributed by atoms with Crippen molar-refractivity contribution < 1.29 is 19.0 Å². The molecule has 0 amide bonds. The van der Waals surface area contributed by atoms with Crippen LogP contribution in [0.25, 0.3) is 0 Å². The fourth-order valence-electron chi connectivity index (χ4n) is 3.06. The molecule has 106 valence electrons. The Hall–Kier alpha value is -2.00. The Morgan fingerprint density at radius 1 is 1.20 bits per heavy atom. The van der Waals surface area contributed by atoms with E-state index >= 15 is 0 Å². The van der Waals surface area contributed by atoms with Gasteiger partial charge < -0.3 is 14.2 Å². The van der Waals surface area contributed by atoms with E-state index in [9.17, 15) is 4.79 Å². The molecule has 1 aromatic carbocycles. The molecule has 5 heteroatoms. The van der Waals surface area contributed by atoms with Gasteiger partial charge in [-0.05, 0) is 13.8 Å². The first-order valence-corrected chi connectivity index (χ1v) is 6.77. The molecule has 3 rings (SSSR count). The normalized spacial score (nSPS) is 22.4. The Balaban J connectivity index is 2.22. The summed E-state index contributed by atoms with van der Waals surface area (Å²) in [6.07, 6.45) is 3.34. The summed E-state index contributed by atoms with van der Waals surface area (Å²) in [7, 11) is 1.65. The standard InChI is InChI=1S/C15H17NO4/c1-8-4-10-12(6-16-7-17)13-11(5-9(2)19-13)14(18-3)15(10)20-8/h8-9H,4-6H2,1-3H3. The molecule has 2 atom stereocenters. The van der Waals surface area contributed by atoms with Crippen molar-refractivity contribution in [3.63, 3.8) is 0 Å². The van der Waals surface area contributed by atoms with Gasteiger partial charge in [0.25, 0.3) is 0 Å². The Labute approximate surface area is 117 Å². The van der Waals surface area contributed by atoms with Gasteiger partial charge in [-0.25, -0.2) is 9.79 Å². The van der Waals surface area contributed by atoms with Crippen molar-refractivity contribution in [3.8, 4) is 17.2 Å². The van der Waals surface area contributed by atoms with E-state index < -0.39 is 0 Å². The molecular weight excluding hydrogens is 258 g/mol. The molecule has 0 spiro atoms. The number of nitrogens with zero attached hydrogens (tertiary/aromatic N) is 1. The molecule has 0 bridgehead atoms. The van der Waals surface area contributed by atoms with E-state index in [0.717, 1.165) is 46.8 Å². The van der Waals surface area contributed by atoms with Crippen LogP contribution in [0.1, 0.15) is 30.5 Å². The maximum Gasteiger partial charge on any atom is 0.235 e. The number of hydrogen-bond donors (Lipinski definition) is 0. The third kappa shape index (κ3) is 1.86. The van der Waals surface area contributed by atoms with Crippen LogP contribution in [0, 0.1) is 0 Å². The highest BCUT2D eigenvalue weighted by Gasteiger charge is 2.36. The molecule has 0 saturated heterocycles. The van der Waals surface area contributed by atoms with Crippen LogP contribution in [-0.4, -0.2) is 25.4 Å². The minimum absolute atomic E-state index is 0.0952. The molecule has 0 saturated carbocycles. The van der Waals surface area contributed by atoms with Crippen molar-refractivity contribution in [1.29, 1.82) is 0 Å². The fraction of sp³-hybridized carbons (Fsp3) is 0.533. The lowest BCUT2D eigenvalue weighted by Gasteiger charge is -2.15. The van der Waals surface area contributed by atoms with Gasteiger partial charge in [0, 0.05) is 29.5 Å². The third-order valence-electron chi connectivity index (χ3n) is 3.79. The summed E-state index contributed by atoms with van der Waals surface area (Å²) < 4.78 is 17.3. The first-order valence-electron chi connectivity index (χ1n) is 6.77. The molecule has 0 aliphatic carbocycles. The Morgan fingerprint density at radius 3 is 2.50 bits per heavy atom. The first kappa shape index (κ1) is 13.0. The number of isocyanates is 1. The van der Waals surface area contributed by atoms with E-state index in [-0.39, 0.29) is 18.8 Å². The summed E-state index contributed by atoms with van der Waals surface area (Å²) in [4.78, 5) is 14.2. The van der Waals surface area contributed by atoms with E-state index in [2.05, 4.69) is 4.99 Å². The number of carbonyl (C=O) groups excluding carboxylic acids is 1. The predicted molar refractivity (Wildman–Crippen MR) is 72.4 cm³/mol. The van der Waals surface area contributed by atoms with Gasteiger partial charge in [0.1, 0.15) is 18.0 Å². The van der Waals surface area contributed by atoms with Crippen molar-refractivity contribution >= 4 is 6.08 Å². The molecule has 0 aromatic heterocycles. The molecule has 0 fully saturated rings. The number of hydrogen-bond acceptors (Lipinski definition) is 5. The lowest BCUT2D eigenvalue weighted by atomic mass is 9.97. The topological polar surface area (TPSA) is 57.1 Å². The zero-order valence-corrected chi connectivity index (χ0v) is 11.9. The largest absolute Gasteiger partial charge is 0.492 e. The van der Waals surface area contributed by atoms with Crippen LogP contribution in [-0.2, 0) is 24.2 Å². The second-order valence-corrected chi connectivity index (χ2v) is 5.30. The van der Waals surface area contributed by atoms with E-state index in [1.54, 1.807) is 13.2 Å². The van der Waals surface area contributed by atoms with Gasteiger partial charge in [-0.1, -0.05) is 0 Å². The van der Waals surface area contributed by atoms with Crippen molar-refractivity contribution in [2.75, 3.05) is 7.11 Å². The molecule has 1 aromatic rings. The summed E-state index contributed by atoms with van der Waals surface area (Å²) in [5.41, 5.74) is 3.00. The highest BCUT2D eigenvalue weighted by Crippen LogP contribution is 2.51. The molecule has 5 nitrogen and oxygen atoms in total. The van der Waals surface area contributed by atoms with Crippen LogP contribution in [0.4, 0.5) is 0 Å². The number of methoxy groups -OCH3 is 1. The molecule has 2 unspecified atom stereocenters. The molecule has 2 aliphatic rings. The van der Waals surface area contributed by atoms with Crippen molar-refractivity contribution in [3.05, 3.63) is 16.7 Å². The van der Waals surface area contributed by atoms with Crippen LogP contribution >= 0.6 is 0 Å². The van der Waals surface area contributed by atoms with E-state index in [1.807, 2.05) is 13.8 Å². The third-order valence-corrected chi connectivity index (χ3v) is 3.79. The number of fused-ring (bicyclic) bond motifs is 2. The maximum atomic E-state index is 10.4. The molecule has 0 radical (unpaired) electrons. The van der Waals surface area contributed by atoms with Crippen molar-refractivity contribution in [1.82, 2.24) is 0 Å². The second-order valence-electron chi connectivity index (χ2n) is 5.30. The Bertz CT molecular complexity index is 565. The average molecular weight is 275 g/mol.